The predicted molar refractivity (Wildman–Crippen MR) is 93.8 cm³/mol. The van der Waals surface area contributed by atoms with Crippen molar-refractivity contribution in [3.05, 3.63) is 46.4 Å². The molecule has 9 heteroatoms. The van der Waals surface area contributed by atoms with Gasteiger partial charge in [-0.2, -0.15) is 0 Å². The Balaban J connectivity index is 1.43. The van der Waals surface area contributed by atoms with E-state index in [2.05, 4.69) is 15.7 Å². The van der Waals surface area contributed by atoms with E-state index in [4.69, 9.17) is 4.42 Å². The van der Waals surface area contributed by atoms with Crippen molar-refractivity contribution in [2.45, 2.75) is 25.4 Å². The Kier molecular flexibility index (Phi) is 4.14. The van der Waals surface area contributed by atoms with Crippen LogP contribution in [0.2, 0.25) is 0 Å². The van der Waals surface area contributed by atoms with Gasteiger partial charge >= 0.3 is 11.7 Å². The fourth-order valence-corrected chi connectivity index (χ4v) is 3.20. The number of thiophene rings is 1. The molecule has 2 N–H and O–H groups in total. The monoisotopic (exact) mass is 359 g/mol. The van der Waals surface area contributed by atoms with E-state index >= 15 is 0 Å². The molecule has 0 radical (unpaired) electrons. The number of aromatic nitrogens is 3. The number of carbonyl (C=O) groups is 1. The van der Waals surface area contributed by atoms with Crippen LogP contribution in [0.15, 0.2) is 45.1 Å². The van der Waals surface area contributed by atoms with Gasteiger partial charge < -0.3 is 9.73 Å². The predicted octanol–water partition coefficient (Wildman–Crippen LogP) is 2.52. The molecule has 1 fully saturated rings. The van der Waals surface area contributed by atoms with E-state index < -0.39 is 0 Å². The van der Waals surface area contributed by atoms with Gasteiger partial charge in [-0.25, -0.2) is 14.3 Å². The van der Waals surface area contributed by atoms with Gasteiger partial charge in [-0.15, -0.1) is 16.4 Å². The molecule has 0 atom stereocenters. The number of urea groups is 1. The molecule has 2 amide bonds. The number of rotatable bonds is 6. The van der Waals surface area contributed by atoms with Crippen LogP contribution in [-0.2, 0) is 6.54 Å². The SMILES string of the molecule is O=C(NCCn1nc(-c2ccco2)n(C2CC2)c1=O)Nc1cccs1. The molecule has 8 nitrogen and oxygen atoms in total. The molecule has 0 unspecified atom stereocenters. The molecular formula is C16H17N5O3S. The lowest BCUT2D eigenvalue weighted by Crippen LogP contribution is -2.34. The van der Waals surface area contributed by atoms with Crippen molar-refractivity contribution in [1.29, 1.82) is 0 Å². The second kappa shape index (κ2) is 6.60. The minimum Gasteiger partial charge on any atom is -0.461 e. The maximum Gasteiger partial charge on any atom is 0.346 e. The first kappa shape index (κ1) is 15.7. The summed E-state index contributed by atoms with van der Waals surface area (Å²) in [4.78, 5) is 24.4. The molecule has 3 aromatic rings. The van der Waals surface area contributed by atoms with E-state index in [-0.39, 0.29) is 17.8 Å². The number of nitrogens with one attached hydrogen (secondary N) is 2. The summed E-state index contributed by atoms with van der Waals surface area (Å²) >= 11 is 1.44. The van der Waals surface area contributed by atoms with Gasteiger partial charge in [0, 0.05) is 12.6 Å². The maximum atomic E-state index is 12.6. The van der Waals surface area contributed by atoms with E-state index in [1.807, 2.05) is 17.5 Å². The summed E-state index contributed by atoms with van der Waals surface area (Å²) in [5.74, 6) is 1.12. The maximum absolute atomic E-state index is 12.6. The van der Waals surface area contributed by atoms with Crippen molar-refractivity contribution in [3.8, 4) is 11.6 Å². The van der Waals surface area contributed by atoms with Crippen molar-refractivity contribution in [2.75, 3.05) is 11.9 Å². The molecule has 4 rings (SSSR count). The fourth-order valence-electron chi connectivity index (χ4n) is 2.58. The Hall–Kier alpha value is -2.81. The molecule has 1 aliphatic rings. The van der Waals surface area contributed by atoms with Gasteiger partial charge in [0.1, 0.15) is 0 Å². The molecule has 0 aromatic carbocycles. The van der Waals surface area contributed by atoms with Crippen LogP contribution < -0.4 is 16.3 Å². The molecule has 3 aromatic heterocycles. The Bertz CT molecular complexity index is 906. The van der Waals surface area contributed by atoms with Crippen LogP contribution in [0.5, 0.6) is 0 Å². The topological polar surface area (TPSA) is 94.1 Å². The van der Waals surface area contributed by atoms with Crippen molar-refractivity contribution in [2.24, 2.45) is 0 Å². The minimum absolute atomic E-state index is 0.172. The minimum atomic E-state index is -0.302. The second-order valence-electron chi connectivity index (χ2n) is 5.77. The summed E-state index contributed by atoms with van der Waals surface area (Å²) in [5.41, 5.74) is -0.172. The van der Waals surface area contributed by atoms with Gasteiger partial charge in [0.25, 0.3) is 0 Å². The zero-order valence-electron chi connectivity index (χ0n) is 13.3. The molecule has 1 aliphatic carbocycles. The van der Waals surface area contributed by atoms with Crippen LogP contribution in [0.4, 0.5) is 9.80 Å². The van der Waals surface area contributed by atoms with Crippen molar-refractivity contribution < 1.29 is 9.21 Å². The number of nitrogens with zero attached hydrogens (tertiary/aromatic N) is 3. The zero-order chi connectivity index (χ0) is 17.2. The van der Waals surface area contributed by atoms with Crippen LogP contribution >= 0.6 is 11.3 Å². The molecule has 0 bridgehead atoms. The lowest BCUT2D eigenvalue weighted by atomic mass is 10.4. The fraction of sp³-hybridized carbons (Fsp3) is 0.312. The van der Waals surface area contributed by atoms with E-state index in [9.17, 15) is 9.59 Å². The Labute approximate surface area is 147 Å². The number of amides is 2. The van der Waals surface area contributed by atoms with Crippen molar-refractivity contribution >= 4 is 22.4 Å². The van der Waals surface area contributed by atoms with Gasteiger partial charge in [0.05, 0.1) is 17.8 Å². The van der Waals surface area contributed by atoms with Crippen LogP contribution in [0, 0.1) is 0 Å². The average molecular weight is 359 g/mol. The molecule has 0 saturated heterocycles. The third-order valence-corrected chi connectivity index (χ3v) is 4.68. The number of carbonyl (C=O) groups excluding carboxylic acids is 1. The summed E-state index contributed by atoms with van der Waals surface area (Å²) in [5, 5.41) is 12.5. The summed E-state index contributed by atoms with van der Waals surface area (Å²) in [6, 6.07) is 7.13. The standard InChI is InChI=1S/C16H17N5O3S/c22-15(18-13-4-2-10-25-13)17-7-8-20-16(23)21(11-5-6-11)14(19-20)12-3-1-9-24-12/h1-4,9-11H,5-8H2,(H2,17,18,22). The summed E-state index contributed by atoms with van der Waals surface area (Å²) < 4.78 is 8.46. The van der Waals surface area contributed by atoms with Gasteiger partial charge in [0.2, 0.25) is 5.82 Å². The molecule has 3 heterocycles. The third-order valence-electron chi connectivity index (χ3n) is 3.89. The summed E-state index contributed by atoms with van der Waals surface area (Å²) in [6.45, 7) is 0.598. The normalized spacial score (nSPS) is 13.8. The highest BCUT2D eigenvalue weighted by Crippen LogP contribution is 2.36. The number of furan rings is 1. The van der Waals surface area contributed by atoms with Crippen LogP contribution in [0.3, 0.4) is 0 Å². The van der Waals surface area contributed by atoms with E-state index in [1.54, 1.807) is 23.0 Å². The number of anilines is 1. The Morgan fingerprint density at radius 1 is 1.36 bits per heavy atom. The molecule has 25 heavy (non-hydrogen) atoms. The average Bonchev–Trinajstić information content (AvgIpc) is 3.02. The summed E-state index contributed by atoms with van der Waals surface area (Å²) in [7, 11) is 0. The van der Waals surface area contributed by atoms with Crippen LogP contribution in [0.1, 0.15) is 18.9 Å². The first-order valence-electron chi connectivity index (χ1n) is 8.04. The van der Waals surface area contributed by atoms with E-state index in [1.165, 1.54) is 16.0 Å². The van der Waals surface area contributed by atoms with Crippen molar-refractivity contribution in [3.63, 3.8) is 0 Å². The first-order chi connectivity index (χ1) is 12.2. The summed E-state index contributed by atoms with van der Waals surface area (Å²) in [6.07, 6.45) is 3.51. The highest BCUT2D eigenvalue weighted by molar-refractivity contribution is 7.14. The van der Waals surface area contributed by atoms with Gasteiger partial charge in [-0.1, -0.05) is 0 Å². The Morgan fingerprint density at radius 3 is 2.92 bits per heavy atom. The molecule has 0 spiro atoms. The van der Waals surface area contributed by atoms with Gasteiger partial charge in [-0.05, 0) is 42.5 Å². The highest BCUT2D eigenvalue weighted by atomic mass is 32.1. The molecule has 1 saturated carbocycles. The molecular weight excluding hydrogens is 342 g/mol. The smallest absolute Gasteiger partial charge is 0.346 e. The lowest BCUT2D eigenvalue weighted by Gasteiger charge is -2.05. The quantitative estimate of drug-likeness (QED) is 0.707. The third kappa shape index (κ3) is 3.36. The zero-order valence-corrected chi connectivity index (χ0v) is 14.2. The lowest BCUT2D eigenvalue weighted by molar-refractivity contribution is 0.251. The van der Waals surface area contributed by atoms with Crippen molar-refractivity contribution in [1.82, 2.24) is 19.7 Å². The first-order valence-corrected chi connectivity index (χ1v) is 8.92. The van der Waals surface area contributed by atoms with E-state index in [0.717, 1.165) is 17.8 Å². The number of hydrogen-bond donors (Lipinski definition) is 2. The highest BCUT2D eigenvalue weighted by Gasteiger charge is 2.31. The van der Waals surface area contributed by atoms with Crippen LogP contribution in [-0.4, -0.2) is 26.9 Å². The second-order valence-corrected chi connectivity index (χ2v) is 6.71. The largest absolute Gasteiger partial charge is 0.461 e. The van der Waals surface area contributed by atoms with Gasteiger partial charge in [0.15, 0.2) is 5.76 Å². The van der Waals surface area contributed by atoms with E-state index in [0.29, 0.717) is 24.7 Å². The van der Waals surface area contributed by atoms with Crippen LogP contribution in [0.25, 0.3) is 11.6 Å². The molecule has 130 valence electrons. The van der Waals surface area contributed by atoms with Gasteiger partial charge in [-0.3, -0.25) is 9.88 Å². The number of hydrogen-bond acceptors (Lipinski definition) is 5. The molecule has 0 aliphatic heterocycles. The Morgan fingerprint density at radius 2 is 2.24 bits per heavy atom.